The van der Waals surface area contributed by atoms with Crippen LogP contribution in [0, 0.1) is 0 Å². The van der Waals surface area contributed by atoms with Crippen molar-refractivity contribution in [1.29, 1.82) is 0 Å². The van der Waals surface area contributed by atoms with E-state index in [0.717, 1.165) is 48.1 Å². The molecular formula is C29H28Cl2N4O3S. The first-order valence-electron chi connectivity index (χ1n) is 12.9. The van der Waals surface area contributed by atoms with Crippen molar-refractivity contribution >= 4 is 62.4 Å². The van der Waals surface area contributed by atoms with Crippen molar-refractivity contribution in [1.82, 2.24) is 14.9 Å². The lowest BCUT2D eigenvalue weighted by atomic mass is 9.95. The number of esters is 1. The number of hydrogen-bond acceptors (Lipinski definition) is 7. The van der Waals surface area contributed by atoms with Gasteiger partial charge in [0.25, 0.3) is 5.91 Å². The fraction of sp³-hybridized carbons (Fsp3) is 0.310. The molecule has 4 aromatic rings. The first-order chi connectivity index (χ1) is 18.9. The highest BCUT2D eigenvalue weighted by molar-refractivity contribution is 7.14. The Bertz CT molecular complexity index is 1540. The largest absolute Gasteiger partial charge is 0.449 e. The molecule has 39 heavy (non-hydrogen) atoms. The molecule has 0 saturated carbocycles. The maximum Gasteiger partial charge on any atom is 0.340 e. The second-order valence-electron chi connectivity index (χ2n) is 9.41. The van der Waals surface area contributed by atoms with Crippen molar-refractivity contribution in [3.05, 3.63) is 74.7 Å². The van der Waals surface area contributed by atoms with Crippen LogP contribution in [0.1, 0.15) is 48.3 Å². The van der Waals surface area contributed by atoms with Crippen molar-refractivity contribution in [3.63, 3.8) is 0 Å². The first-order valence-corrected chi connectivity index (χ1v) is 14.6. The zero-order valence-electron chi connectivity index (χ0n) is 21.7. The molecule has 1 aliphatic rings. The summed E-state index contributed by atoms with van der Waals surface area (Å²) < 4.78 is 5.86. The molecule has 1 unspecified atom stereocenters. The molecule has 3 heterocycles. The topological polar surface area (TPSA) is 84.4 Å². The predicted molar refractivity (Wildman–Crippen MR) is 157 cm³/mol. The van der Waals surface area contributed by atoms with Crippen LogP contribution in [0.4, 0.5) is 5.13 Å². The summed E-state index contributed by atoms with van der Waals surface area (Å²) in [6, 6.07) is 12.7. The van der Waals surface area contributed by atoms with Gasteiger partial charge < -0.3 is 4.74 Å². The van der Waals surface area contributed by atoms with Gasteiger partial charge in [-0.25, -0.2) is 9.78 Å². The number of benzene rings is 2. The maximum atomic E-state index is 13.7. The number of para-hydroxylation sites is 1. The molecule has 202 valence electrons. The van der Waals surface area contributed by atoms with Gasteiger partial charge in [-0.05, 0) is 43.7 Å². The summed E-state index contributed by atoms with van der Waals surface area (Å²) in [5, 5.41) is 6.72. The first kappa shape index (κ1) is 27.5. The number of carbonyl (C=O) groups excluding carboxylic acids is 2. The van der Waals surface area contributed by atoms with Gasteiger partial charge in [-0.3, -0.25) is 20.0 Å². The molecule has 1 atom stereocenters. The van der Waals surface area contributed by atoms with Crippen LogP contribution in [-0.4, -0.2) is 45.9 Å². The number of nitrogens with one attached hydrogen (secondary N) is 1. The summed E-state index contributed by atoms with van der Waals surface area (Å²) in [5.74, 6) is -0.952. The number of carbonyl (C=O) groups is 2. The fourth-order valence-corrected chi connectivity index (χ4v) is 6.05. The van der Waals surface area contributed by atoms with Crippen LogP contribution in [0.5, 0.6) is 0 Å². The molecular weight excluding hydrogens is 555 g/mol. The fourth-order valence-electron chi connectivity index (χ4n) is 4.83. The van der Waals surface area contributed by atoms with Crippen LogP contribution in [0.3, 0.4) is 0 Å². The Balaban J connectivity index is 1.37. The number of hydrogen-bond donors (Lipinski definition) is 1. The minimum Gasteiger partial charge on any atom is -0.449 e. The van der Waals surface area contributed by atoms with Gasteiger partial charge in [0.15, 0.2) is 11.2 Å². The molecule has 10 heteroatoms. The number of anilines is 1. The SMILES string of the molecule is CCCN1CCc2nc3ccccc3c(C(=O)OC(CC)C(=O)Nc3nc(-c4ccc(Cl)cc4Cl)cs3)c2C1. The number of nitrogens with zero attached hydrogens (tertiary/aromatic N) is 3. The molecule has 0 radical (unpaired) electrons. The number of amides is 1. The summed E-state index contributed by atoms with van der Waals surface area (Å²) >= 11 is 13.6. The Kier molecular flexibility index (Phi) is 8.47. The van der Waals surface area contributed by atoms with Gasteiger partial charge in [-0.2, -0.15) is 0 Å². The molecule has 1 N–H and O–H groups in total. The zero-order valence-corrected chi connectivity index (χ0v) is 24.0. The number of halogens is 2. The number of rotatable bonds is 8. The summed E-state index contributed by atoms with van der Waals surface area (Å²) in [4.78, 5) is 38.5. The molecule has 1 aliphatic heterocycles. The molecule has 0 aliphatic carbocycles. The van der Waals surface area contributed by atoms with E-state index < -0.39 is 18.0 Å². The van der Waals surface area contributed by atoms with Gasteiger partial charge in [-0.1, -0.05) is 55.2 Å². The smallest absolute Gasteiger partial charge is 0.340 e. The Morgan fingerprint density at radius 1 is 1.15 bits per heavy atom. The van der Waals surface area contributed by atoms with E-state index in [1.165, 1.54) is 11.3 Å². The van der Waals surface area contributed by atoms with E-state index in [-0.39, 0.29) is 0 Å². The normalized spacial score (nSPS) is 14.2. The highest BCUT2D eigenvalue weighted by Crippen LogP contribution is 2.33. The van der Waals surface area contributed by atoms with Crippen LogP contribution in [0.15, 0.2) is 47.8 Å². The number of thiazole rings is 1. The number of ether oxygens (including phenoxy) is 1. The zero-order chi connectivity index (χ0) is 27.5. The van der Waals surface area contributed by atoms with Crippen LogP contribution >= 0.6 is 34.5 Å². The van der Waals surface area contributed by atoms with Gasteiger partial charge in [0.1, 0.15) is 0 Å². The predicted octanol–water partition coefficient (Wildman–Crippen LogP) is 7.01. The van der Waals surface area contributed by atoms with E-state index in [2.05, 4.69) is 22.1 Å². The third kappa shape index (κ3) is 5.94. The number of pyridine rings is 1. The van der Waals surface area contributed by atoms with Crippen molar-refractivity contribution in [2.24, 2.45) is 0 Å². The highest BCUT2D eigenvalue weighted by Gasteiger charge is 2.29. The Labute approximate surface area is 241 Å². The van der Waals surface area contributed by atoms with Gasteiger partial charge in [0.05, 0.1) is 21.8 Å². The second-order valence-corrected chi connectivity index (χ2v) is 11.1. The van der Waals surface area contributed by atoms with E-state index in [4.69, 9.17) is 32.9 Å². The van der Waals surface area contributed by atoms with Crippen molar-refractivity contribution in [2.45, 2.75) is 45.8 Å². The van der Waals surface area contributed by atoms with Crippen LogP contribution in [-0.2, 0) is 22.5 Å². The Morgan fingerprint density at radius 2 is 1.97 bits per heavy atom. The van der Waals surface area contributed by atoms with E-state index in [1.807, 2.05) is 24.3 Å². The standard InChI is InChI=1S/C29H28Cl2N4O3S/c1-3-12-35-13-11-23-20(15-35)26(19-7-5-6-8-22(19)32-23)28(37)38-25(4-2)27(36)34-29-33-24(16-39-29)18-10-9-17(30)14-21(18)31/h5-10,14,16,25H,3-4,11-13,15H2,1-2H3,(H,33,34,36). The molecule has 2 aromatic heterocycles. The Morgan fingerprint density at radius 3 is 2.74 bits per heavy atom. The van der Waals surface area contributed by atoms with E-state index in [1.54, 1.807) is 30.5 Å². The van der Waals surface area contributed by atoms with Gasteiger partial charge in [0, 0.05) is 52.1 Å². The maximum absolute atomic E-state index is 13.7. The lowest BCUT2D eigenvalue weighted by molar-refractivity contribution is -0.124. The summed E-state index contributed by atoms with van der Waals surface area (Å²) in [5.41, 5.74) is 4.38. The van der Waals surface area contributed by atoms with E-state index >= 15 is 0 Å². The molecule has 7 nitrogen and oxygen atoms in total. The Hall–Kier alpha value is -3.04. The lowest BCUT2D eigenvalue weighted by Gasteiger charge is -2.29. The summed E-state index contributed by atoms with van der Waals surface area (Å²) in [6.45, 7) is 6.42. The van der Waals surface area contributed by atoms with Crippen LogP contribution in [0.2, 0.25) is 10.0 Å². The van der Waals surface area contributed by atoms with Crippen LogP contribution < -0.4 is 5.32 Å². The molecule has 1 amide bonds. The van der Waals surface area contributed by atoms with E-state index in [9.17, 15) is 9.59 Å². The summed E-state index contributed by atoms with van der Waals surface area (Å²) in [7, 11) is 0. The van der Waals surface area contributed by atoms with Crippen LogP contribution in [0.25, 0.3) is 22.2 Å². The highest BCUT2D eigenvalue weighted by atomic mass is 35.5. The monoisotopic (exact) mass is 582 g/mol. The molecule has 2 aromatic carbocycles. The van der Waals surface area contributed by atoms with Crippen molar-refractivity contribution < 1.29 is 14.3 Å². The van der Waals surface area contributed by atoms with E-state index in [0.29, 0.717) is 45.0 Å². The van der Waals surface area contributed by atoms with Gasteiger partial charge in [0.2, 0.25) is 0 Å². The second kappa shape index (κ2) is 12.0. The number of fused-ring (bicyclic) bond motifs is 2. The summed E-state index contributed by atoms with van der Waals surface area (Å²) in [6.07, 6.45) is 1.12. The van der Waals surface area contributed by atoms with Gasteiger partial charge in [-0.15, -0.1) is 11.3 Å². The molecule has 0 spiro atoms. The number of aromatic nitrogens is 2. The third-order valence-corrected chi connectivity index (χ3v) is 8.03. The minimum atomic E-state index is -0.984. The van der Waals surface area contributed by atoms with Gasteiger partial charge >= 0.3 is 5.97 Å². The minimum absolute atomic E-state index is 0.311. The lowest BCUT2D eigenvalue weighted by Crippen LogP contribution is -2.35. The third-order valence-electron chi connectivity index (χ3n) is 6.72. The molecule has 5 rings (SSSR count). The molecule has 0 fully saturated rings. The average molecular weight is 584 g/mol. The average Bonchev–Trinajstić information content (AvgIpc) is 3.38. The van der Waals surface area contributed by atoms with Crippen molar-refractivity contribution in [2.75, 3.05) is 18.4 Å². The molecule has 0 bridgehead atoms. The molecule has 0 saturated heterocycles. The van der Waals surface area contributed by atoms with Crippen molar-refractivity contribution in [3.8, 4) is 11.3 Å². The quantitative estimate of drug-likeness (QED) is 0.225.